The number of rotatable bonds is 4. The highest BCUT2D eigenvalue weighted by Gasteiger charge is 2.14. The van der Waals surface area contributed by atoms with Crippen LogP contribution in [0.3, 0.4) is 0 Å². The Morgan fingerprint density at radius 2 is 2.15 bits per heavy atom. The lowest BCUT2D eigenvalue weighted by molar-refractivity contribution is 0.104. The van der Waals surface area contributed by atoms with E-state index in [9.17, 15) is 9.18 Å². The minimum absolute atomic E-state index is 0.0867. The number of nitrogens with zero attached hydrogens (tertiary/aromatic N) is 2. The maximum Gasteiger partial charge on any atom is 0.199 e. The van der Waals surface area contributed by atoms with Crippen molar-refractivity contribution in [3.63, 3.8) is 0 Å². The standard InChI is InChI=1S/C15H15FN2OS/c1-10-14(13(19)7-8-18(2)3)20-15(17-10)11-5-4-6-12(16)9-11/h4-9H,1-3H3. The van der Waals surface area contributed by atoms with Gasteiger partial charge in [-0.15, -0.1) is 11.3 Å². The highest BCUT2D eigenvalue weighted by atomic mass is 32.1. The predicted molar refractivity (Wildman–Crippen MR) is 79.4 cm³/mol. The van der Waals surface area contributed by atoms with Crippen molar-refractivity contribution >= 4 is 17.1 Å². The summed E-state index contributed by atoms with van der Waals surface area (Å²) in [7, 11) is 3.70. The van der Waals surface area contributed by atoms with Gasteiger partial charge in [0.25, 0.3) is 0 Å². The van der Waals surface area contributed by atoms with E-state index in [2.05, 4.69) is 4.98 Å². The molecule has 1 heterocycles. The number of thiazole rings is 1. The van der Waals surface area contributed by atoms with Crippen molar-refractivity contribution in [2.45, 2.75) is 6.92 Å². The lowest BCUT2D eigenvalue weighted by Crippen LogP contribution is -2.02. The number of benzene rings is 1. The van der Waals surface area contributed by atoms with Crippen molar-refractivity contribution in [1.82, 2.24) is 9.88 Å². The Hall–Kier alpha value is -2.01. The summed E-state index contributed by atoms with van der Waals surface area (Å²) >= 11 is 1.28. The van der Waals surface area contributed by atoms with Gasteiger partial charge < -0.3 is 4.90 Å². The largest absolute Gasteiger partial charge is 0.383 e. The van der Waals surface area contributed by atoms with Gasteiger partial charge in [0.1, 0.15) is 10.8 Å². The summed E-state index contributed by atoms with van der Waals surface area (Å²) in [4.78, 5) is 18.8. The summed E-state index contributed by atoms with van der Waals surface area (Å²) in [5, 5.41) is 0.656. The van der Waals surface area contributed by atoms with Gasteiger partial charge in [-0.05, 0) is 19.1 Å². The third kappa shape index (κ3) is 3.30. The summed E-state index contributed by atoms with van der Waals surface area (Å²) in [6.45, 7) is 1.79. The summed E-state index contributed by atoms with van der Waals surface area (Å²) in [5.41, 5.74) is 1.36. The number of ketones is 1. The first-order chi connectivity index (χ1) is 9.47. The number of hydrogen-bond acceptors (Lipinski definition) is 4. The molecule has 2 rings (SSSR count). The van der Waals surface area contributed by atoms with Gasteiger partial charge in [-0.1, -0.05) is 12.1 Å². The number of halogens is 1. The van der Waals surface area contributed by atoms with Crippen LogP contribution in [0.5, 0.6) is 0 Å². The number of hydrogen-bond donors (Lipinski definition) is 0. The minimum Gasteiger partial charge on any atom is -0.383 e. The van der Waals surface area contributed by atoms with E-state index in [0.29, 0.717) is 21.1 Å². The van der Waals surface area contributed by atoms with E-state index in [1.54, 1.807) is 30.2 Å². The fourth-order valence-electron chi connectivity index (χ4n) is 1.66. The van der Waals surface area contributed by atoms with E-state index in [-0.39, 0.29) is 11.6 Å². The summed E-state index contributed by atoms with van der Waals surface area (Å²) in [5.74, 6) is -0.396. The highest BCUT2D eigenvalue weighted by Crippen LogP contribution is 2.28. The minimum atomic E-state index is -0.310. The zero-order chi connectivity index (χ0) is 14.7. The smallest absolute Gasteiger partial charge is 0.199 e. The average Bonchev–Trinajstić information content (AvgIpc) is 2.78. The summed E-state index contributed by atoms with van der Waals surface area (Å²) in [6.07, 6.45) is 3.21. The first-order valence-corrected chi connectivity index (χ1v) is 6.91. The lowest BCUT2D eigenvalue weighted by Gasteiger charge is -2.01. The molecule has 0 aliphatic rings. The van der Waals surface area contributed by atoms with Gasteiger partial charge >= 0.3 is 0 Å². The molecule has 20 heavy (non-hydrogen) atoms. The van der Waals surface area contributed by atoms with Crippen molar-refractivity contribution in [1.29, 1.82) is 0 Å². The number of allylic oxidation sites excluding steroid dienone is 1. The molecule has 0 amide bonds. The predicted octanol–water partition coefficient (Wildman–Crippen LogP) is 3.52. The van der Waals surface area contributed by atoms with Crippen LogP contribution in [0.1, 0.15) is 15.4 Å². The third-order valence-corrected chi connectivity index (χ3v) is 3.84. The Morgan fingerprint density at radius 3 is 2.80 bits per heavy atom. The van der Waals surface area contributed by atoms with Crippen LogP contribution in [-0.2, 0) is 0 Å². The molecular weight excluding hydrogens is 275 g/mol. The van der Waals surface area contributed by atoms with E-state index in [0.717, 1.165) is 0 Å². The molecule has 1 aromatic carbocycles. The topological polar surface area (TPSA) is 33.2 Å². The van der Waals surface area contributed by atoms with E-state index >= 15 is 0 Å². The van der Waals surface area contributed by atoms with Crippen LogP contribution >= 0.6 is 11.3 Å². The molecular formula is C15H15FN2OS. The second-order valence-electron chi connectivity index (χ2n) is 4.59. The molecule has 0 unspecified atom stereocenters. The van der Waals surface area contributed by atoms with E-state index in [1.807, 2.05) is 14.1 Å². The van der Waals surface area contributed by atoms with Crippen molar-refractivity contribution in [3.8, 4) is 10.6 Å². The zero-order valence-electron chi connectivity index (χ0n) is 11.6. The Labute approximate surface area is 121 Å². The molecule has 0 spiro atoms. The first kappa shape index (κ1) is 14.4. The molecule has 0 radical (unpaired) electrons. The molecule has 0 saturated carbocycles. The number of carbonyl (C=O) groups is 1. The molecule has 0 atom stereocenters. The lowest BCUT2D eigenvalue weighted by atomic mass is 10.2. The molecule has 0 N–H and O–H groups in total. The van der Waals surface area contributed by atoms with Crippen LogP contribution in [0.25, 0.3) is 10.6 Å². The van der Waals surface area contributed by atoms with E-state index < -0.39 is 0 Å². The SMILES string of the molecule is Cc1nc(-c2cccc(F)c2)sc1C(=O)C=CN(C)C. The monoisotopic (exact) mass is 290 g/mol. The Balaban J connectivity index is 2.32. The quantitative estimate of drug-likeness (QED) is 0.638. The molecule has 104 valence electrons. The fourth-order valence-corrected chi connectivity index (χ4v) is 2.65. The third-order valence-electron chi connectivity index (χ3n) is 2.62. The van der Waals surface area contributed by atoms with E-state index in [4.69, 9.17) is 0 Å². The van der Waals surface area contributed by atoms with E-state index in [1.165, 1.54) is 29.5 Å². The van der Waals surface area contributed by atoms with Gasteiger partial charge in [0.15, 0.2) is 5.78 Å². The Bertz CT molecular complexity index is 662. The fraction of sp³-hybridized carbons (Fsp3) is 0.200. The van der Waals surface area contributed by atoms with Crippen molar-refractivity contribution in [2.75, 3.05) is 14.1 Å². The number of carbonyl (C=O) groups excluding carboxylic acids is 1. The van der Waals surface area contributed by atoms with Gasteiger partial charge in [0.05, 0.1) is 10.6 Å². The molecule has 0 saturated heterocycles. The number of aromatic nitrogens is 1. The number of aryl methyl sites for hydroxylation is 1. The first-order valence-electron chi connectivity index (χ1n) is 6.09. The molecule has 3 nitrogen and oxygen atoms in total. The molecule has 0 aliphatic heterocycles. The second-order valence-corrected chi connectivity index (χ2v) is 5.59. The van der Waals surface area contributed by atoms with Crippen molar-refractivity contribution < 1.29 is 9.18 Å². The molecule has 0 fully saturated rings. The summed E-state index contributed by atoms with van der Waals surface area (Å²) < 4.78 is 13.2. The normalized spacial score (nSPS) is 11.0. The van der Waals surface area contributed by atoms with Crippen LogP contribution in [0.4, 0.5) is 4.39 Å². The van der Waals surface area contributed by atoms with Crippen LogP contribution in [0.2, 0.25) is 0 Å². The maximum absolute atomic E-state index is 13.2. The molecule has 0 aliphatic carbocycles. The van der Waals surface area contributed by atoms with Gasteiger partial charge in [-0.25, -0.2) is 9.37 Å². The Morgan fingerprint density at radius 1 is 1.40 bits per heavy atom. The van der Waals surface area contributed by atoms with Crippen molar-refractivity contribution in [3.05, 3.63) is 52.9 Å². The molecule has 2 aromatic rings. The van der Waals surface area contributed by atoms with Gasteiger partial charge in [0, 0.05) is 31.9 Å². The molecule has 5 heteroatoms. The summed E-state index contributed by atoms with van der Waals surface area (Å²) in [6, 6.07) is 6.22. The molecule has 1 aromatic heterocycles. The Kier molecular flexibility index (Phi) is 4.29. The van der Waals surface area contributed by atoms with Crippen LogP contribution < -0.4 is 0 Å². The van der Waals surface area contributed by atoms with Gasteiger partial charge in [-0.2, -0.15) is 0 Å². The second kappa shape index (κ2) is 5.96. The van der Waals surface area contributed by atoms with Gasteiger partial charge in [-0.3, -0.25) is 4.79 Å². The maximum atomic E-state index is 13.2. The molecule has 0 bridgehead atoms. The highest BCUT2D eigenvalue weighted by molar-refractivity contribution is 7.17. The average molecular weight is 290 g/mol. The van der Waals surface area contributed by atoms with Gasteiger partial charge in [0.2, 0.25) is 0 Å². The van der Waals surface area contributed by atoms with Crippen LogP contribution in [-0.4, -0.2) is 29.8 Å². The zero-order valence-corrected chi connectivity index (χ0v) is 12.4. The van der Waals surface area contributed by atoms with Crippen molar-refractivity contribution in [2.24, 2.45) is 0 Å². The van der Waals surface area contributed by atoms with Crippen LogP contribution in [0.15, 0.2) is 36.5 Å². The van der Waals surface area contributed by atoms with Crippen LogP contribution in [0, 0.1) is 12.7 Å².